The summed E-state index contributed by atoms with van der Waals surface area (Å²) in [7, 11) is 4.65. The molecule has 0 aliphatic carbocycles. The standard InChI is InChI=1S/C21H27ClN2O6/c1-13(22)21(25)24(12-16-6-5-7-29-16)11-15-10-17(30-23-15)14-8-18(26-2)20(28-4)19(9-14)27-3/h8-10,13,16H,5-7,11-12H2,1-4H3/t13-,16+/m1/s1. The van der Waals surface area contributed by atoms with E-state index in [0.29, 0.717) is 40.8 Å². The van der Waals surface area contributed by atoms with Crippen molar-refractivity contribution in [3.05, 3.63) is 23.9 Å². The van der Waals surface area contributed by atoms with Gasteiger partial charge in [0.1, 0.15) is 11.1 Å². The second kappa shape index (κ2) is 10.0. The Morgan fingerprint density at radius 2 is 1.93 bits per heavy atom. The van der Waals surface area contributed by atoms with Crippen LogP contribution in [0.2, 0.25) is 0 Å². The first kappa shape index (κ1) is 22.2. The molecule has 1 aliphatic heterocycles. The summed E-state index contributed by atoms with van der Waals surface area (Å²) in [6, 6.07) is 5.35. The van der Waals surface area contributed by atoms with Crippen molar-refractivity contribution in [3.8, 4) is 28.6 Å². The molecule has 0 radical (unpaired) electrons. The predicted octanol–water partition coefficient (Wildman–Crippen LogP) is 3.50. The summed E-state index contributed by atoms with van der Waals surface area (Å²) < 4.78 is 27.4. The molecule has 2 aromatic rings. The van der Waals surface area contributed by atoms with E-state index in [1.165, 1.54) is 0 Å². The van der Waals surface area contributed by atoms with E-state index in [0.717, 1.165) is 19.4 Å². The number of rotatable bonds is 9. The first-order valence-corrected chi connectivity index (χ1v) is 10.2. The maximum absolute atomic E-state index is 12.6. The van der Waals surface area contributed by atoms with Crippen molar-refractivity contribution in [2.75, 3.05) is 34.5 Å². The number of halogens is 1. The third-order valence-corrected chi connectivity index (χ3v) is 5.15. The van der Waals surface area contributed by atoms with E-state index in [1.807, 2.05) is 0 Å². The van der Waals surface area contributed by atoms with Crippen LogP contribution >= 0.6 is 11.6 Å². The van der Waals surface area contributed by atoms with E-state index < -0.39 is 5.38 Å². The molecule has 8 nitrogen and oxygen atoms in total. The van der Waals surface area contributed by atoms with Gasteiger partial charge >= 0.3 is 0 Å². The molecule has 2 atom stereocenters. The Kier molecular flexibility index (Phi) is 7.44. The van der Waals surface area contributed by atoms with Crippen molar-refractivity contribution >= 4 is 17.5 Å². The molecule has 1 saturated heterocycles. The lowest BCUT2D eigenvalue weighted by atomic mass is 10.1. The lowest BCUT2D eigenvalue weighted by Gasteiger charge is -2.25. The topological polar surface area (TPSA) is 83.3 Å². The number of carbonyl (C=O) groups is 1. The van der Waals surface area contributed by atoms with Crippen LogP contribution in [0.1, 0.15) is 25.5 Å². The molecule has 30 heavy (non-hydrogen) atoms. The van der Waals surface area contributed by atoms with Crippen molar-refractivity contribution in [1.82, 2.24) is 10.1 Å². The summed E-state index contributed by atoms with van der Waals surface area (Å²) in [5, 5.41) is 3.50. The number of carbonyl (C=O) groups excluding carboxylic acids is 1. The molecule has 0 N–H and O–H groups in total. The molecule has 164 valence electrons. The summed E-state index contributed by atoms with van der Waals surface area (Å²) in [6.45, 7) is 3.14. The Hall–Kier alpha value is -2.45. The van der Waals surface area contributed by atoms with Gasteiger partial charge in [-0.05, 0) is 31.9 Å². The molecule has 1 amide bonds. The zero-order valence-electron chi connectivity index (χ0n) is 17.6. The van der Waals surface area contributed by atoms with E-state index in [2.05, 4.69) is 5.16 Å². The van der Waals surface area contributed by atoms with Crippen molar-refractivity contribution in [2.24, 2.45) is 0 Å². The van der Waals surface area contributed by atoms with E-state index in [1.54, 1.807) is 51.4 Å². The highest BCUT2D eigenvalue weighted by Gasteiger charge is 2.26. The summed E-state index contributed by atoms with van der Waals surface area (Å²) in [5.41, 5.74) is 1.33. The maximum Gasteiger partial charge on any atom is 0.240 e. The molecule has 2 heterocycles. The maximum atomic E-state index is 12.6. The zero-order chi connectivity index (χ0) is 21.7. The first-order valence-electron chi connectivity index (χ1n) is 9.77. The molecule has 9 heteroatoms. The van der Waals surface area contributed by atoms with Crippen LogP contribution in [0.25, 0.3) is 11.3 Å². The smallest absolute Gasteiger partial charge is 0.240 e. The van der Waals surface area contributed by atoms with Gasteiger partial charge in [0.15, 0.2) is 17.3 Å². The van der Waals surface area contributed by atoms with Gasteiger partial charge in [0.05, 0.1) is 34.0 Å². The number of nitrogens with zero attached hydrogens (tertiary/aromatic N) is 2. The van der Waals surface area contributed by atoms with Crippen LogP contribution in [0.15, 0.2) is 22.7 Å². The lowest BCUT2D eigenvalue weighted by Crippen LogP contribution is -2.40. The Morgan fingerprint density at radius 3 is 2.47 bits per heavy atom. The van der Waals surface area contributed by atoms with Crippen molar-refractivity contribution in [3.63, 3.8) is 0 Å². The fourth-order valence-corrected chi connectivity index (χ4v) is 3.60. The largest absolute Gasteiger partial charge is 0.493 e. The molecule has 0 saturated carbocycles. The van der Waals surface area contributed by atoms with Crippen LogP contribution in [-0.2, 0) is 16.1 Å². The average Bonchev–Trinajstić information content (AvgIpc) is 3.43. The van der Waals surface area contributed by atoms with Gasteiger partial charge in [-0.15, -0.1) is 11.6 Å². The van der Waals surface area contributed by atoms with Crippen LogP contribution in [-0.4, -0.2) is 61.9 Å². The Morgan fingerprint density at radius 1 is 1.23 bits per heavy atom. The molecule has 1 aromatic heterocycles. The Bertz CT molecular complexity index is 838. The van der Waals surface area contributed by atoms with Crippen LogP contribution in [0.3, 0.4) is 0 Å². The molecule has 0 bridgehead atoms. The first-order chi connectivity index (χ1) is 14.5. The molecular weight excluding hydrogens is 412 g/mol. The van der Waals surface area contributed by atoms with Crippen LogP contribution in [0, 0.1) is 0 Å². The quantitative estimate of drug-likeness (QED) is 0.554. The monoisotopic (exact) mass is 438 g/mol. The van der Waals surface area contributed by atoms with Gasteiger partial charge in [0.2, 0.25) is 11.7 Å². The highest BCUT2D eigenvalue weighted by molar-refractivity contribution is 6.30. The molecule has 3 rings (SSSR count). The van der Waals surface area contributed by atoms with Crippen molar-refractivity contribution in [1.29, 1.82) is 0 Å². The minimum atomic E-state index is -0.632. The van der Waals surface area contributed by atoms with Crippen LogP contribution < -0.4 is 14.2 Å². The average molecular weight is 439 g/mol. The minimum absolute atomic E-state index is 0.0193. The number of amides is 1. The van der Waals surface area contributed by atoms with Crippen LogP contribution in [0.4, 0.5) is 0 Å². The number of ether oxygens (including phenoxy) is 4. The highest BCUT2D eigenvalue weighted by Crippen LogP contribution is 2.41. The SMILES string of the molecule is COc1cc(-c2cc(CN(C[C@@H]3CCCO3)C(=O)[C@@H](C)Cl)no2)cc(OC)c1OC. The molecule has 1 aliphatic rings. The Labute approximate surface area is 181 Å². The number of hydrogen-bond acceptors (Lipinski definition) is 7. The molecular formula is C21H27ClN2O6. The van der Waals surface area contributed by atoms with Gasteiger partial charge in [-0.2, -0.15) is 0 Å². The zero-order valence-corrected chi connectivity index (χ0v) is 18.4. The van der Waals surface area contributed by atoms with Crippen LogP contribution in [0.5, 0.6) is 17.2 Å². The normalized spacial score (nSPS) is 16.9. The van der Waals surface area contributed by atoms with E-state index >= 15 is 0 Å². The van der Waals surface area contributed by atoms with E-state index in [9.17, 15) is 4.79 Å². The fraction of sp³-hybridized carbons (Fsp3) is 0.524. The second-order valence-corrected chi connectivity index (χ2v) is 7.72. The van der Waals surface area contributed by atoms with Gasteiger partial charge in [-0.3, -0.25) is 4.79 Å². The third-order valence-electron chi connectivity index (χ3n) is 4.96. The number of methoxy groups -OCH3 is 3. The van der Waals surface area contributed by atoms with Gasteiger partial charge in [0, 0.05) is 24.8 Å². The number of benzene rings is 1. The van der Waals surface area contributed by atoms with Gasteiger partial charge in [0.25, 0.3) is 0 Å². The third kappa shape index (κ3) is 4.99. The predicted molar refractivity (Wildman–Crippen MR) is 111 cm³/mol. The number of alkyl halides is 1. The highest BCUT2D eigenvalue weighted by atomic mass is 35.5. The Balaban J connectivity index is 1.82. The molecule has 0 spiro atoms. The second-order valence-electron chi connectivity index (χ2n) is 7.07. The fourth-order valence-electron chi connectivity index (χ4n) is 3.46. The van der Waals surface area contributed by atoms with Gasteiger partial charge in [-0.25, -0.2) is 0 Å². The summed E-state index contributed by atoms with van der Waals surface area (Å²) >= 11 is 6.06. The van der Waals surface area contributed by atoms with E-state index in [4.69, 9.17) is 35.1 Å². The summed E-state index contributed by atoms with van der Waals surface area (Å²) in [4.78, 5) is 14.3. The summed E-state index contributed by atoms with van der Waals surface area (Å²) in [5.74, 6) is 1.87. The number of hydrogen-bond donors (Lipinski definition) is 0. The van der Waals surface area contributed by atoms with Gasteiger partial charge in [-0.1, -0.05) is 5.16 Å². The molecule has 1 fully saturated rings. The number of aromatic nitrogens is 1. The minimum Gasteiger partial charge on any atom is -0.493 e. The molecule has 0 unspecified atom stereocenters. The molecule has 1 aromatic carbocycles. The lowest BCUT2D eigenvalue weighted by molar-refractivity contribution is -0.132. The van der Waals surface area contributed by atoms with E-state index in [-0.39, 0.29) is 18.6 Å². The van der Waals surface area contributed by atoms with Crippen molar-refractivity contribution < 1.29 is 28.3 Å². The van der Waals surface area contributed by atoms with Gasteiger partial charge < -0.3 is 28.4 Å². The van der Waals surface area contributed by atoms with Crippen molar-refractivity contribution in [2.45, 2.75) is 37.8 Å². The summed E-state index contributed by atoms with van der Waals surface area (Å²) in [6.07, 6.45) is 1.94.